The second-order valence-electron chi connectivity index (χ2n) is 6.33. The van der Waals surface area contributed by atoms with Crippen molar-refractivity contribution in [1.82, 2.24) is 20.3 Å². The minimum absolute atomic E-state index is 0.197. The Morgan fingerprint density at radius 1 is 1.26 bits per heavy atom. The van der Waals surface area contributed by atoms with Gasteiger partial charge in [0.15, 0.2) is 0 Å². The molecule has 0 unspecified atom stereocenters. The molecule has 158 valence electrons. The monoisotopic (exact) mass is 418 g/mol. The summed E-state index contributed by atoms with van der Waals surface area (Å²) in [6, 6.07) is 10.0. The number of amides is 1. The number of carbonyl (C=O) groups is 1. The highest BCUT2D eigenvalue weighted by Gasteiger charge is 2.15. The van der Waals surface area contributed by atoms with Crippen molar-refractivity contribution >= 4 is 41.1 Å². The Kier molecular flexibility index (Phi) is 6.74. The first-order valence-electron chi connectivity index (χ1n) is 9.36. The molecule has 10 nitrogen and oxygen atoms in total. The fourth-order valence-electron chi connectivity index (χ4n) is 2.73. The van der Waals surface area contributed by atoms with Gasteiger partial charge in [0.25, 0.3) is 5.91 Å². The topological polar surface area (TPSA) is 148 Å². The second-order valence-corrected chi connectivity index (χ2v) is 6.33. The fraction of sp³-hybridized carbons (Fsp3) is 0.0952. The third-order valence-corrected chi connectivity index (χ3v) is 4.19. The maximum absolute atomic E-state index is 12.5. The summed E-state index contributed by atoms with van der Waals surface area (Å²) in [6.45, 7) is 3.86. The fourth-order valence-corrected chi connectivity index (χ4v) is 2.73. The predicted molar refractivity (Wildman–Crippen MR) is 122 cm³/mol. The van der Waals surface area contributed by atoms with Crippen molar-refractivity contribution in [3.63, 3.8) is 0 Å². The molecule has 1 aromatic carbocycles. The summed E-state index contributed by atoms with van der Waals surface area (Å²) < 4.78 is 0. The third-order valence-electron chi connectivity index (χ3n) is 4.19. The first kappa shape index (κ1) is 21.2. The zero-order valence-electron chi connectivity index (χ0n) is 16.8. The van der Waals surface area contributed by atoms with Crippen molar-refractivity contribution in [2.45, 2.75) is 0 Å². The van der Waals surface area contributed by atoms with Crippen LogP contribution in [0.1, 0.15) is 15.9 Å². The number of hydrogen-bond donors (Lipinski definition) is 6. The minimum atomic E-state index is -0.392. The van der Waals surface area contributed by atoms with E-state index in [2.05, 4.69) is 42.8 Å². The number of carbonyl (C=O) groups excluding carboxylic acids is 1. The van der Waals surface area contributed by atoms with E-state index in [0.29, 0.717) is 17.1 Å². The second kappa shape index (κ2) is 9.83. The molecule has 0 radical (unpaired) electrons. The van der Waals surface area contributed by atoms with Gasteiger partial charge in [-0.25, -0.2) is 4.98 Å². The lowest BCUT2D eigenvalue weighted by atomic mass is 10.1. The summed E-state index contributed by atoms with van der Waals surface area (Å²) in [4.78, 5) is 35.4. The number of aromatic nitrogens is 3. The Balaban J connectivity index is 1.95. The van der Waals surface area contributed by atoms with E-state index in [9.17, 15) is 9.59 Å². The highest BCUT2D eigenvalue weighted by atomic mass is 16.1. The summed E-state index contributed by atoms with van der Waals surface area (Å²) in [5.74, 6) is 0.422. The van der Waals surface area contributed by atoms with Crippen LogP contribution in [0.4, 0.5) is 29.0 Å². The number of nitrogens with zero attached hydrogens (tertiary/aromatic N) is 2. The third kappa shape index (κ3) is 5.32. The van der Waals surface area contributed by atoms with Crippen LogP contribution in [-0.2, 0) is 0 Å². The van der Waals surface area contributed by atoms with Crippen molar-refractivity contribution in [2.24, 2.45) is 0 Å². The average Bonchev–Trinajstić information content (AvgIpc) is 2.77. The zero-order valence-corrected chi connectivity index (χ0v) is 16.8. The molecule has 1 amide bonds. The Bertz CT molecular complexity index is 1170. The molecule has 0 fully saturated rings. The first-order valence-corrected chi connectivity index (χ1v) is 9.36. The van der Waals surface area contributed by atoms with Crippen molar-refractivity contribution in [2.75, 3.05) is 29.5 Å². The lowest BCUT2D eigenvalue weighted by Gasteiger charge is -2.13. The Morgan fingerprint density at radius 3 is 2.81 bits per heavy atom. The Morgan fingerprint density at radius 2 is 2.10 bits per heavy atom. The quantitative estimate of drug-likeness (QED) is 0.231. The Hall–Kier alpha value is -4.47. The van der Waals surface area contributed by atoms with Gasteiger partial charge in [-0.3, -0.25) is 9.59 Å². The van der Waals surface area contributed by atoms with E-state index in [-0.39, 0.29) is 29.4 Å². The molecule has 0 saturated carbocycles. The number of hydrogen-bond acceptors (Lipinski definition) is 8. The van der Waals surface area contributed by atoms with Gasteiger partial charge in [-0.05, 0) is 24.3 Å². The molecule has 3 rings (SSSR count). The van der Waals surface area contributed by atoms with Crippen LogP contribution in [0.5, 0.6) is 0 Å². The molecule has 2 aromatic heterocycles. The molecule has 0 saturated heterocycles. The number of aromatic amines is 1. The smallest absolute Gasteiger partial charge is 0.256 e. The number of nitrogens with one attached hydrogen (secondary N) is 6. The molecular weight excluding hydrogens is 396 g/mol. The average molecular weight is 418 g/mol. The van der Waals surface area contributed by atoms with Gasteiger partial charge in [0, 0.05) is 49.0 Å². The van der Waals surface area contributed by atoms with Gasteiger partial charge in [-0.15, -0.1) is 6.58 Å². The molecule has 6 N–H and O–H groups in total. The molecule has 31 heavy (non-hydrogen) atoms. The molecule has 2 heterocycles. The number of benzene rings is 1. The summed E-state index contributed by atoms with van der Waals surface area (Å²) in [5, 5.41) is 19.3. The summed E-state index contributed by atoms with van der Waals surface area (Å²) in [7, 11) is 1.78. The van der Waals surface area contributed by atoms with Gasteiger partial charge < -0.3 is 31.7 Å². The molecule has 10 heteroatoms. The van der Waals surface area contributed by atoms with Crippen molar-refractivity contribution in [3.05, 3.63) is 76.7 Å². The van der Waals surface area contributed by atoms with Gasteiger partial charge in [0.05, 0.1) is 0 Å². The number of rotatable bonds is 9. The predicted octanol–water partition coefficient (Wildman–Crippen LogP) is 2.61. The highest BCUT2D eigenvalue weighted by Crippen LogP contribution is 2.23. The van der Waals surface area contributed by atoms with E-state index in [1.807, 2.05) is 12.1 Å². The summed E-state index contributed by atoms with van der Waals surface area (Å²) in [5.41, 5.74) is 2.07. The van der Waals surface area contributed by atoms with E-state index in [4.69, 9.17) is 5.41 Å². The zero-order chi connectivity index (χ0) is 22.2. The van der Waals surface area contributed by atoms with Gasteiger partial charge in [0.2, 0.25) is 11.5 Å². The van der Waals surface area contributed by atoms with Crippen LogP contribution >= 0.6 is 0 Å². The van der Waals surface area contributed by atoms with Crippen LogP contribution in [0.25, 0.3) is 0 Å². The maximum atomic E-state index is 12.5. The molecule has 0 spiro atoms. The van der Waals surface area contributed by atoms with E-state index >= 15 is 0 Å². The largest absolute Gasteiger partial charge is 0.388 e. The normalized spacial score (nSPS) is 10.1. The van der Waals surface area contributed by atoms with E-state index in [1.54, 1.807) is 31.3 Å². The summed E-state index contributed by atoms with van der Waals surface area (Å²) in [6.07, 6.45) is 4.19. The van der Waals surface area contributed by atoms with E-state index < -0.39 is 5.91 Å². The van der Waals surface area contributed by atoms with Crippen molar-refractivity contribution in [3.8, 4) is 0 Å². The molecule has 0 atom stereocenters. The molecular formula is C21H22N8O2. The molecule has 0 aliphatic carbocycles. The van der Waals surface area contributed by atoms with Gasteiger partial charge in [-0.2, -0.15) is 4.98 Å². The van der Waals surface area contributed by atoms with Crippen molar-refractivity contribution in [1.29, 1.82) is 5.41 Å². The molecule has 0 aliphatic heterocycles. The lowest BCUT2D eigenvalue weighted by molar-refractivity contribution is 0.0958. The Labute approximate surface area is 178 Å². The minimum Gasteiger partial charge on any atom is -0.388 e. The van der Waals surface area contributed by atoms with E-state index in [0.717, 1.165) is 5.69 Å². The number of pyridine rings is 1. The standard InChI is InChI=1S/C21H22N8O2/c1-3-9-24-20(31)15-12-25-21(26-14-7-8-16(23-2)13(10-14)11-22)29-19(15)28-17-5-4-6-18(30)27-17/h3-8,10-12,22-23H,1,9H2,2H3,(H,24,31)(H3,25,26,27,28,29,30). The van der Waals surface area contributed by atoms with Crippen LogP contribution in [0, 0.1) is 5.41 Å². The number of H-pyrrole nitrogens is 1. The van der Waals surface area contributed by atoms with Gasteiger partial charge in [0.1, 0.15) is 17.2 Å². The van der Waals surface area contributed by atoms with Crippen LogP contribution in [0.2, 0.25) is 0 Å². The van der Waals surface area contributed by atoms with Crippen LogP contribution in [-0.4, -0.2) is 40.7 Å². The number of anilines is 5. The van der Waals surface area contributed by atoms with Gasteiger partial charge >= 0.3 is 0 Å². The van der Waals surface area contributed by atoms with Crippen LogP contribution < -0.4 is 26.8 Å². The lowest BCUT2D eigenvalue weighted by Crippen LogP contribution is -2.25. The molecule has 0 aliphatic rings. The first-order chi connectivity index (χ1) is 15.0. The molecule has 3 aromatic rings. The maximum Gasteiger partial charge on any atom is 0.256 e. The molecule has 0 bridgehead atoms. The van der Waals surface area contributed by atoms with Crippen LogP contribution in [0.3, 0.4) is 0 Å². The van der Waals surface area contributed by atoms with Gasteiger partial charge in [-0.1, -0.05) is 12.1 Å². The van der Waals surface area contributed by atoms with E-state index in [1.165, 1.54) is 18.5 Å². The highest BCUT2D eigenvalue weighted by molar-refractivity contribution is 5.99. The van der Waals surface area contributed by atoms with Crippen LogP contribution in [0.15, 0.2) is 60.0 Å². The SMILES string of the molecule is C=CCNC(=O)c1cnc(Nc2ccc(NC)c(C=N)c2)nc1Nc1cccc(=O)[nH]1. The van der Waals surface area contributed by atoms with Crippen molar-refractivity contribution < 1.29 is 4.79 Å². The summed E-state index contributed by atoms with van der Waals surface area (Å²) >= 11 is 0.